The Balaban J connectivity index is 4.27. The SMILES string of the molecule is CCCCCCC/C=C\C/C=C\CCCCCCCCCCCC(=O)OC(COC(=O)CCCCCCC/C=C\CCCCCCCC)COC(=O)CCCCCCCCCCCCCCCCC/C=C\CCCCCCCCCC. The van der Waals surface area contributed by atoms with Gasteiger partial charge in [-0.3, -0.25) is 14.4 Å². The van der Waals surface area contributed by atoms with E-state index in [0.717, 1.165) is 70.6 Å². The molecular weight excluding hydrogens is 997 g/mol. The van der Waals surface area contributed by atoms with Crippen molar-refractivity contribution < 1.29 is 28.6 Å². The summed E-state index contributed by atoms with van der Waals surface area (Å²) in [5.74, 6) is -0.861. The number of unbranched alkanes of at least 4 members (excludes halogenated alkanes) is 48. The molecule has 0 aromatic carbocycles. The first-order chi connectivity index (χ1) is 40.0. The van der Waals surface area contributed by atoms with Gasteiger partial charge in [0.1, 0.15) is 13.2 Å². The van der Waals surface area contributed by atoms with Crippen LogP contribution in [0.5, 0.6) is 0 Å². The fraction of sp³-hybridized carbons (Fsp3) is 0.853. The minimum atomic E-state index is -0.779. The van der Waals surface area contributed by atoms with Crippen LogP contribution in [0.3, 0.4) is 0 Å². The highest BCUT2D eigenvalue weighted by atomic mass is 16.6. The summed E-state index contributed by atoms with van der Waals surface area (Å²) in [4.78, 5) is 38.5. The molecule has 0 N–H and O–H groups in total. The van der Waals surface area contributed by atoms with E-state index in [4.69, 9.17) is 14.2 Å². The van der Waals surface area contributed by atoms with Crippen LogP contribution in [0, 0.1) is 0 Å². The van der Waals surface area contributed by atoms with Crippen molar-refractivity contribution >= 4 is 17.9 Å². The average molecular weight is 1140 g/mol. The zero-order valence-corrected chi connectivity index (χ0v) is 54.6. The third-order valence-electron chi connectivity index (χ3n) is 16.3. The van der Waals surface area contributed by atoms with Gasteiger partial charge in [-0.15, -0.1) is 0 Å². The predicted octanol–water partition coefficient (Wildman–Crippen LogP) is 24.9. The lowest BCUT2D eigenvalue weighted by Gasteiger charge is -2.18. The van der Waals surface area contributed by atoms with Crippen LogP contribution in [0.4, 0.5) is 0 Å². The maximum atomic E-state index is 13.0. The molecule has 0 rings (SSSR count). The fourth-order valence-corrected chi connectivity index (χ4v) is 10.8. The van der Waals surface area contributed by atoms with Crippen molar-refractivity contribution in [2.45, 2.75) is 399 Å². The van der Waals surface area contributed by atoms with E-state index in [0.29, 0.717) is 19.3 Å². The molecule has 0 aromatic rings. The predicted molar refractivity (Wildman–Crippen MR) is 353 cm³/mol. The lowest BCUT2D eigenvalue weighted by Crippen LogP contribution is -2.30. The molecule has 0 saturated heterocycles. The second kappa shape index (κ2) is 69.9. The van der Waals surface area contributed by atoms with Crippen molar-refractivity contribution in [2.75, 3.05) is 13.2 Å². The second-order valence-electron chi connectivity index (χ2n) is 24.5. The molecule has 0 saturated carbocycles. The molecule has 0 aromatic heterocycles. The zero-order valence-electron chi connectivity index (χ0n) is 54.6. The van der Waals surface area contributed by atoms with Crippen LogP contribution < -0.4 is 0 Å². The van der Waals surface area contributed by atoms with Crippen LogP contribution in [0.1, 0.15) is 393 Å². The van der Waals surface area contributed by atoms with Crippen molar-refractivity contribution in [3.05, 3.63) is 48.6 Å². The van der Waals surface area contributed by atoms with Gasteiger partial charge in [-0.1, -0.05) is 320 Å². The van der Waals surface area contributed by atoms with Gasteiger partial charge in [0, 0.05) is 19.3 Å². The number of carbonyl (C=O) groups excluding carboxylic acids is 3. The van der Waals surface area contributed by atoms with Crippen LogP contribution in [0.15, 0.2) is 48.6 Å². The van der Waals surface area contributed by atoms with E-state index in [2.05, 4.69) is 69.4 Å². The van der Waals surface area contributed by atoms with Gasteiger partial charge >= 0.3 is 17.9 Å². The summed E-state index contributed by atoms with van der Waals surface area (Å²) in [6.45, 7) is 6.68. The quantitative estimate of drug-likeness (QED) is 0.0261. The Bertz CT molecular complexity index is 1400. The highest BCUT2D eigenvalue weighted by Crippen LogP contribution is 2.18. The molecule has 0 aliphatic heterocycles. The summed E-state index contributed by atoms with van der Waals surface area (Å²) in [6.07, 6.45) is 88.6. The molecule has 0 aliphatic carbocycles. The van der Waals surface area contributed by atoms with Gasteiger partial charge in [-0.2, -0.15) is 0 Å². The maximum Gasteiger partial charge on any atom is 0.306 e. The third-order valence-corrected chi connectivity index (χ3v) is 16.3. The van der Waals surface area contributed by atoms with Crippen LogP contribution >= 0.6 is 0 Å². The van der Waals surface area contributed by atoms with Crippen molar-refractivity contribution in [3.63, 3.8) is 0 Å². The molecule has 1 unspecified atom stereocenters. The number of esters is 3. The summed E-state index contributed by atoms with van der Waals surface area (Å²) in [6, 6.07) is 0. The van der Waals surface area contributed by atoms with Crippen LogP contribution in [-0.2, 0) is 28.6 Å². The van der Waals surface area contributed by atoms with Gasteiger partial charge in [0.25, 0.3) is 0 Å². The second-order valence-corrected chi connectivity index (χ2v) is 24.5. The van der Waals surface area contributed by atoms with E-state index in [1.807, 2.05) is 0 Å². The van der Waals surface area contributed by atoms with E-state index in [1.54, 1.807) is 0 Å². The Morgan fingerprint density at radius 2 is 0.444 bits per heavy atom. The van der Waals surface area contributed by atoms with E-state index in [1.165, 1.54) is 283 Å². The van der Waals surface area contributed by atoms with Gasteiger partial charge in [0.2, 0.25) is 0 Å². The molecule has 6 nitrogen and oxygen atoms in total. The number of carbonyl (C=O) groups is 3. The molecule has 6 heteroatoms. The molecule has 0 amide bonds. The van der Waals surface area contributed by atoms with E-state index >= 15 is 0 Å². The molecule has 81 heavy (non-hydrogen) atoms. The van der Waals surface area contributed by atoms with Gasteiger partial charge < -0.3 is 14.2 Å². The summed E-state index contributed by atoms with van der Waals surface area (Å²) < 4.78 is 17.0. The van der Waals surface area contributed by atoms with Crippen molar-refractivity contribution in [2.24, 2.45) is 0 Å². The lowest BCUT2D eigenvalue weighted by molar-refractivity contribution is -0.167. The molecule has 0 radical (unpaired) electrons. The Hall–Kier alpha value is -2.63. The topological polar surface area (TPSA) is 78.9 Å². The largest absolute Gasteiger partial charge is 0.462 e. The minimum Gasteiger partial charge on any atom is -0.462 e. The van der Waals surface area contributed by atoms with Gasteiger partial charge in [0.05, 0.1) is 0 Å². The average Bonchev–Trinajstić information content (AvgIpc) is 3.47. The Kier molecular flexibility index (Phi) is 67.6. The van der Waals surface area contributed by atoms with Crippen molar-refractivity contribution in [1.82, 2.24) is 0 Å². The molecule has 0 aliphatic rings. The van der Waals surface area contributed by atoms with Crippen molar-refractivity contribution in [3.8, 4) is 0 Å². The molecule has 1 atom stereocenters. The number of allylic oxidation sites excluding steroid dienone is 8. The van der Waals surface area contributed by atoms with E-state index in [9.17, 15) is 14.4 Å². The Labute approximate surface area is 505 Å². The number of hydrogen-bond acceptors (Lipinski definition) is 6. The molecule has 0 bridgehead atoms. The zero-order chi connectivity index (χ0) is 58.5. The molecular formula is C75H138O6. The number of hydrogen-bond donors (Lipinski definition) is 0. The summed E-state index contributed by atoms with van der Waals surface area (Å²) in [5, 5.41) is 0. The van der Waals surface area contributed by atoms with Crippen molar-refractivity contribution in [1.29, 1.82) is 0 Å². The summed E-state index contributed by atoms with van der Waals surface area (Å²) in [5.41, 5.74) is 0. The van der Waals surface area contributed by atoms with Gasteiger partial charge in [-0.25, -0.2) is 0 Å². The number of rotatable bonds is 67. The third kappa shape index (κ3) is 68.0. The minimum absolute atomic E-state index is 0.0739. The standard InChI is InChI=1S/C75H138O6/c1-4-7-10-13-16-19-22-25-28-30-32-34-35-36-37-38-39-41-42-44-47-50-53-56-59-62-65-68-74(77)80-71-72(70-79-73(76)67-64-61-58-55-52-49-46-27-24-21-18-15-12-9-6-3)81-75(78)69-66-63-60-57-54-51-48-45-43-40-33-31-29-26-23-20-17-14-11-8-5-2/h23,26-27,30-33,46,72H,4-22,24-25,28-29,34-45,47-71H2,1-3H3/b26-23-,32-30-,33-31-,46-27-. The smallest absolute Gasteiger partial charge is 0.306 e. The summed E-state index contributed by atoms with van der Waals surface area (Å²) in [7, 11) is 0. The van der Waals surface area contributed by atoms with E-state index in [-0.39, 0.29) is 31.1 Å². The fourth-order valence-electron chi connectivity index (χ4n) is 10.8. The Morgan fingerprint density at radius 3 is 0.691 bits per heavy atom. The first-order valence-electron chi connectivity index (χ1n) is 36.1. The Morgan fingerprint density at radius 1 is 0.247 bits per heavy atom. The van der Waals surface area contributed by atoms with Gasteiger partial charge in [0.15, 0.2) is 6.10 Å². The molecule has 474 valence electrons. The van der Waals surface area contributed by atoms with Crippen LogP contribution in [0.2, 0.25) is 0 Å². The molecule has 0 spiro atoms. The molecule has 0 heterocycles. The van der Waals surface area contributed by atoms with E-state index < -0.39 is 6.10 Å². The normalized spacial score (nSPS) is 12.3. The summed E-state index contributed by atoms with van der Waals surface area (Å²) >= 11 is 0. The lowest BCUT2D eigenvalue weighted by atomic mass is 10.0. The monoisotopic (exact) mass is 1140 g/mol. The highest BCUT2D eigenvalue weighted by molar-refractivity contribution is 5.71. The number of ether oxygens (including phenoxy) is 3. The van der Waals surface area contributed by atoms with Crippen LogP contribution in [-0.4, -0.2) is 37.2 Å². The highest BCUT2D eigenvalue weighted by Gasteiger charge is 2.19. The van der Waals surface area contributed by atoms with Crippen LogP contribution in [0.25, 0.3) is 0 Å². The van der Waals surface area contributed by atoms with Gasteiger partial charge in [-0.05, 0) is 103 Å². The first kappa shape index (κ1) is 78.4. The molecule has 0 fully saturated rings. The first-order valence-corrected chi connectivity index (χ1v) is 36.1. The maximum absolute atomic E-state index is 13.0.